The van der Waals surface area contributed by atoms with E-state index >= 15 is 0 Å². The van der Waals surface area contributed by atoms with E-state index in [4.69, 9.17) is 4.74 Å². The number of aryl methyl sites for hydroxylation is 2. The number of sulfonamides is 1. The first kappa shape index (κ1) is 21.3. The number of nitrogens with one attached hydrogen (secondary N) is 2. The molecule has 0 aliphatic carbocycles. The summed E-state index contributed by atoms with van der Waals surface area (Å²) < 4.78 is 32.8. The Labute approximate surface area is 181 Å². The van der Waals surface area contributed by atoms with Gasteiger partial charge in [-0.15, -0.1) is 0 Å². The first-order valence-electron chi connectivity index (χ1n) is 10.2. The van der Waals surface area contributed by atoms with Crippen LogP contribution in [0.1, 0.15) is 24.0 Å². The second-order valence-electron chi connectivity index (χ2n) is 7.96. The molecule has 0 saturated carbocycles. The standard InChI is InChI=1S/C22H25N3O5S/c1-14-3-4-17(11-15(14)2)23-22(27)16-7-9-25(10-8-16)31(28,29)18-5-6-19-20(12-18)30-13-21(26)24-19/h3-6,11-12,16H,7-10,13H2,1-2H3,(H,23,27)(H,24,26). The molecule has 0 atom stereocenters. The summed E-state index contributed by atoms with van der Waals surface area (Å²) in [5.41, 5.74) is 3.47. The molecule has 1 saturated heterocycles. The van der Waals surface area contributed by atoms with Gasteiger partial charge in [0.2, 0.25) is 15.9 Å². The van der Waals surface area contributed by atoms with Crippen molar-refractivity contribution < 1.29 is 22.7 Å². The third-order valence-corrected chi connectivity index (χ3v) is 7.72. The van der Waals surface area contributed by atoms with Crippen molar-refractivity contribution in [3.63, 3.8) is 0 Å². The summed E-state index contributed by atoms with van der Waals surface area (Å²) in [5.74, 6) is -0.263. The van der Waals surface area contributed by atoms with E-state index in [1.165, 1.54) is 22.5 Å². The molecule has 4 rings (SSSR count). The molecule has 9 heteroatoms. The van der Waals surface area contributed by atoms with E-state index in [0.717, 1.165) is 16.8 Å². The fraction of sp³-hybridized carbons (Fsp3) is 0.364. The van der Waals surface area contributed by atoms with Gasteiger partial charge in [-0.3, -0.25) is 9.59 Å². The Kier molecular flexibility index (Phi) is 5.72. The number of hydrogen-bond donors (Lipinski definition) is 2. The van der Waals surface area contributed by atoms with Crippen LogP contribution in [0.25, 0.3) is 0 Å². The van der Waals surface area contributed by atoms with Gasteiger partial charge in [0, 0.05) is 30.8 Å². The predicted molar refractivity (Wildman–Crippen MR) is 117 cm³/mol. The molecule has 0 unspecified atom stereocenters. The smallest absolute Gasteiger partial charge is 0.262 e. The van der Waals surface area contributed by atoms with E-state index in [1.807, 2.05) is 32.0 Å². The second kappa shape index (κ2) is 8.32. The number of hydrogen-bond acceptors (Lipinski definition) is 5. The fourth-order valence-corrected chi connectivity index (χ4v) is 5.27. The summed E-state index contributed by atoms with van der Waals surface area (Å²) in [6, 6.07) is 10.2. The molecule has 2 amide bonds. The largest absolute Gasteiger partial charge is 0.482 e. The molecule has 0 spiro atoms. The van der Waals surface area contributed by atoms with Crippen LogP contribution < -0.4 is 15.4 Å². The van der Waals surface area contributed by atoms with Crippen molar-refractivity contribution in [3.05, 3.63) is 47.5 Å². The van der Waals surface area contributed by atoms with Crippen LogP contribution in [0.4, 0.5) is 11.4 Å². The highest BCUT2D eigenvalue weighted by molar-refractivity contribution is 7.89. The van der Waals surface area contributed by atoms with Crippen LogP contribution in [-0.4, -0.2) is 44.2 Å². The zero-order valence-corrected chi connectivity index (χ0v) is 18.3. The minimum Gasteiger partial charge on any atom is -0.482 e. The van der Waals surface area contributed by atoms with Crippen LogP contribution in [0.15, 0.2) is 41.3 Å². The van der Waals surface area contributed by atoms with Gasteiger partial charge in [0.05, 0.1) is 10.6 Å². The van der Waals surface area contributed by atoms with Crippen molar-refractivity contribution in [2.75, 3.05) is 30.3 Å². The summed E-state index contributed by atoms with van der Waals surface area (Å²) in [6.07, 6.45) is 0.904. The molecule has 2 aliphatic rings. The first-order valence-corrected chi connectivity index (χ1v) is 11.6. The van der Waals surface area contributed by atoms with Crippen LogP contribution in [0.5, 0.6) is 5.75 Å². The second-order valence-corrected chi connectivity index (χ2v) is 9.90. The lowest BCUT2D eigenvalue weighted by molar-refractivity contribution is -0.121. The van der Waals surface area contributed by atoms with Gasteiger partial charge in [-0.25, -0.2) is 8.42 Å². The van der Waals surface area contributed by atoms with Gasteiger partial charge in [0.1, 0.15) is 5.75 Å². The summed E-state index contributed by atoms with van der Waals surface area (Å²) >= 11 is 0. The van der Waals surface area contributed by atoms with Crippen LogP contribution in [-0.2, 0) is 19.6 Å². The van der Waals surface area contributed by atoms with Crippen LogP contribution >= 0.6 is 0 Å². The van der Waals surface area contributed by atoms with Gasteiger partial charge in [-0.05, 0) is 62.1 Å². The molecular weight excluding hydrogens is 418 g/mol. The van der Waals surface area contributed by atoms with E-state index in [0.29, 0.717) is 24.3 Å². The quantitative estimate of drug-likeness (QED) is 0.756. The van der Waals surface area contributed by atoms with Crippen molar-refractivity contribution >= 4 is 33.2 Å². The molecule has 2 N–H and O–H groups in total. The third kappa shape index (κ3) is 4.42. The summed E-state index contributed by atoms with van der Waals surface area (Å²) in [7, 11) is -3.72. The highest BCUT2D eigenvalue weighted by atomic mass is 32.2. The van der Waals surface area contributed by atoms with E-state index in [1.54, 1.807) is 0 Å². The van der Waals surface area contributed by atoms with Crippen molar-refractivity contribution in [3.8, 4) is 5.75 Å². The van der Waals surface area contributed by atoms with E-state index in [9.17, 15) is 18.0 Å². The number of nitrogens with zero attached hydrogens (tertiary/aromatic N) is 1. The fourth-order valence-electron chi connectivity index (χ4n) is 3.79. The Morgan fingerprint density at radius 3 is 2.55 bits per heavy atom. The molecule has 2 heterocycles. The van der Waals surface area contributed by atoms with E-state index in [-0.39, 0.29) is 42.3 Å². The van der Waals surface area contributed by atoms with Crippen LogP contribution in [0.2, 0.25) is 0 Å². The average Bonchev–Trinajstić information content (AvgIpc) is 2.76. The van der Waals surface area contributed by atoms with Crippen LogP contribution in [0.3, 0.4) is 0 Å². The summed E-state index contributed by atoms with van der Waals surface area (Å²) in [5, 5.41) is 5.59. The number of rotatable bonds is 4. The normalized spacial score (nSPS) is 17.4. The molecule has 1 fully saturated rings. The number of anilines is 2. The van der Waals surface area contributed by atoms with Crippen molar-refractivity contribution in [1.29, 1.82) is 0 Å². The van der Waals surface area contributed by atoms with Gasteiger partial charge >= 0.3 is 0 Å². The Balaban J connectivity index is 1.40. The monoisotopic (exact) mass is 443 g/mol. The number of ether oxygens (including phenoxy) is 1. The zero-order valence-electron chi connectivity index (χ0n) is 17.5. The number of carbonyl (C=O) groups is 2. The minimum absolute atomic E-state index is 0.0850. The maximum absolute atomic E-state index is 13.1. The van der Waals surface area contributed by atoms with E-state index in [2.05, 4.69) is 10.6 Å². The van der Waals surface area contributed by atoms with Gasteiger partial charge in [-0.2, -0.15) is 4.31 Å². The molecule has 0 aromatic heterocycles. The SMILES string of the molecule is Cc1ccc(NC(=O)C2CCN(S(=O)(=O)c3ccc4c(c3)OCC(=O)N4)CC2)cc1C. The summed E-state index contributed by atoms with van der Waals surface area (Å²) in [6.45, 7) is 4.40. The number of piperidine rings is 1. The number of carbonyl (C=O) groups excluding carboxylic acids is 2. The average molecular weight is 444 g/mol. The molecule has 8 nitrogen and oxygen atoms in total. The maximum atomic E-state index is 13.1. The van der Waals surface area contributed by atoms with Gasteiger partial charge < -0.3 is 15.4 Å². The number of fused-ring (bicyclic) bond motifs is 1. The highest BCUT2D eigenvalue weighted by Gasteiger charge is 2.33. The highest BCUT2D eigenvalue weighted by Crippen LogP contribution is 2.32. The van der Waals surface area contributed by atoms with Gasteiger partial charge in [-0.1, -0.05) is 6.07 Å². The Bertz CT molecular complexity index is 1140. The van der Waals surface area contributed by atoms with Crippen molar-refractivity contribution in [1.82, 2.24) is 4.31 Å². The molecule has 2 aromatic rings. The van der Waals surface area contributed by atoms with Crippen molar-refractivity contribution in [2.24, 2.45) is 5.92 Å². The zero-order chi connectivity index (χ0) is 22.2. The molecule has 0 bridgehead atoms. The Morgan fingerprint density at radius 1 is 1.10 bits per heavy atom. The van der Waals surface area contributed by atoms with Gasteiger partial charge in [0.25, 0.3) is 5.91 Å². The van der Waals surface area contributed by atoms with Gasteiger partial charge in [0.15, 0.2) is 6.61 Å². The predicted octanol–water partition coefficient (Wildman–Crippen LogP) is 2.67. The minimum atomic E-state index is -3.72. The lowest BCUT2D eigenvalue weighted by Crippen LogP contribution is -2.41. The maximum Gasteiger partial charge on any atom is 0.262 e. The third-order valence-electron chi connectivity index (χ3n) is 5.82. The van der Waals surface area contributed by atoms with E-state index < -0.39 is 10.0 Å². The Hall–Kier alpha value is -2.91. The molecule has 31 heavy (non-hydrogen) atoms. The number of benzene rings is 2. The molecule has 164 valence electrons. The molecule has 2 aromatic carbocycles. The molecule has 2 aliphatic heterocycles. The van der Waals surface area contributed by atoms with Crippen molar-refractivity contribution in [2.45, 2.75) is 31.6 Å². The molecular formula is C22H25N3O5S. The molecule has 0 radical (unpaired) electrons. The van der Waals surface area contributed by atoms with Crippen LogP contribution in [0, 0.1) is 19.8 Å². The lowest BCUT2D eigenvalue weighted by Gasteiger charge is -2.31. The summed E-state index contributed by atoms with van der Waals surface area (Å²) in [4.78, 5) is 24.2. The lowest BCUT2D eigenvalue weighted by atomic mass is 9.97. The number of amides is 2. The topological polar surface area (TPSA) is 105 Å². The first-order chi connectivity index (χ1) is 14.7. The Morgan fingerprint density at radius 2 is 1.84 bits per heavy atom.